The third-order valence-corrected chi connectivity index (χ3v) is 2.99. The fourth-order valence-corrected chi connectivity index (χ4v) is 2.38. The van der Waals surface area contributed by atoms with Crippen LogP contribution in [0, 0.1) is 0 Å². The minimum atomic E-state index is -2.88. The van der Waals surface area contributed by atoms with Gasteiger partial charge in [0, 0.05) is 0 Å². The normalized spacial score (nSPS) is 28.5. The van der Waals surface area contributed by atoms with Crippen molar-refractivity contribution in [3.63, 3.8) is 0 Å². The third kappa shape index (κ3) is 2.63. The highest BCUT2D eigenvalue weighted by molar-refractivity contribution is 7.91. The molecular formula is C7H12O3S. The Morgan fingerprint density at radius 1 is 1.64 bits per heavy atom. The van der Waals surface area contributed by atoms with E-state index >= 15 is 0 Å². The van der Waals surface area contributed by atoms with Gasteiger partial charge in [0.05, 0.1) is 11.9 Å². The predicted octanol–water partition coefficient (Wildman–Crippen LogP) is 0.724. The number of allylic oxidation sites excluding steroid dienone is 1. The van der Waals surface area contributed by atoms with E-state index in [0.717, 1.165) is 12.8 Å². The van der Waals surface area contributed by atoms with Crippen molar-refractivity contribution in [2.24, 2.45) is 0 Å². The Balaban J connectivity index is 2.36. The van der Waals surface area contributed by atoms with Crippen LogP contribution in [-0.4, -0.2) is 26.2 Å². The largest absolute Gasteiger partial charge is 0.361 e. The fourth-order valence-electron chi connectivity index (χ4n) is 1.05. The van der Waals surface area contributed by atoms with E-state index in [4.69, 9.17) is 4.74 Å². The summed E-state index contributed by atoms with van der Waals surface area (Å²) in [5.41, 5.74) is 0. The van der Waals surface area contributed by atoms with Crippen LogP contribution in [0.2, 0.25) is 0 Å². The molecule has 0 N–H and O–H groups in total. The zero-order chi connectivity index (χ0) is 8.32. The molecule has 1 rings (SSSR count). The van der Waals surface area contributed by atoms with Crippen molar-refractivity contribution in [3.05, 3.63) is 12.7 Å². The molecule has 0 spiro atoms. The van der Waals surface area contributed by atoms with Crippen molar-refractivity contribution < 1.29 is 13.2 Å². The monoisotopic (exact) mass is 176 g/mol. The summed E-state index contributed by atoms with van der Waals surface area (Å²) in [6.07, 6.45) is 3.26. The molecule has 1 aliphatic rings. The number of sulfone groups is 1. The molecule has 11 heavy (non-hydrogen) atoms. The first-order chi connectivity index (χ1) is 5.14. The van der Waals surface area contributed by atoms with Crippen molar-refractivity contribution in [1.82, 2.24) is 0 Å². The first-order valence-electron chi connectivity index (χ1n) is 3.57. The molecule has 1 unspecified atom stereocenters. The number of hydrogen-bond acceptors (Lipinski definition) is 3. The van der Waals surface area contributed by atoms with Gasteiger partial charge in [0.2, 0.25) is 0 Å². The second-order valence-electron chi connectivity index (χ2n) is 2.68. The minimum absolute atomic E-state index is 0.0991. The summed E-state index contributed by atoms with van der Waals surface area (Å²) < 4.78 is 26.7. The molecule has 0 bridgehead atoms. The van der Waals surface area contributed by atoms with Gasteiger partial charge in [-0.15, -0.1) is 6.58 Å². The summed E-state index contributed by atoms with van der Waals surface area (Å²) in [7, 11) is -2.88. The van der Waals surface area contributed by atoms with Gasteiger partial charge in [0.25, 0.3) is 0 Å². The maximum atomic E-state index is 10.9. The van der Waals surface area contributed by atoms with Gasteiger partial charge >= 0.3 is 0 Å². The van der Waals surface area contributed by atoms with Crippen LogP contribution >= 0.6 is 0 Å². The standard InChI is InChI=1S/C7H12O3S/c1-2-3-4-7-5-11(8,9)6-10-7/h2,7H,1,3-6H2. The van der Waals surface area contributed by atoms with E-state index < -0.39 is 9.84 Å². The van der Waals surface area contributed by atoms with E-state index in [2.05, 4.69) is 6.58 Å². The number of rotatable bonds is 3. The lowest BCUT2D eigenvalue weighted by atomic mass is 10.2. The van der Waals surface area contributed by atoms with Crippen LogP contribution in [0.5, 0.6) is 0 Å². The highest BCUT2D eigenvalue weighted by atomic mass is 32.2. The van der Waals surface area contributed by atoms with E-state index in [9.17, 15) is 8.42 Å². The maximum absolute atomic E-state index is 10.9. The molecule has 1 saturated heterocycles. The molecule has 0 radical (unpaired) electrons. The molecule has 3 nitrogen and oxygen atoms in total. The Bertz CT molecular complexity index is 230. The van der Waals surface area contributed by atoms with Crippen molar-refractivity contribution >= 4 is 9.84 Å². The Labute approximate surface area is 67.0 Å². The summed E-state index contributed by atoms with van der Waals surface area (Å²) in [5, 5.41) is 0. The minimum Gasteiger partial charge on any atom is -0.361 e. The second kappa shape index (κ2) is 3.36. The van der Waals surface area contributed by atoms with E-state index in [0.29, 0.717) is 0 Å². The van der Waals surface area contributed by atoms with Crippen LogP contribution in [0.25, 0.3) is 0 Å². The van der Waals surface area contributed by atoms with E-state index in [1.807, 2.05) is 0 Å². The molecule has 0 aromatic heterocycles. The lowest BCUT2D eigenvalue weighted by Gasteiger charge is -2.02. The van der Waals surface area contributed by atoms with Gasteiger partial charge in [0.1, 0.15) is 5.94 Å². The lowest BCUT2D eigenvalue weighted by molar-refractivity contribution is 0.117. The number of hydrogen-bond donors (Lipinski definition) is 0. The van der Waals surface area contributed by atoms with Gasteiger partial charge in [0.15, 0.2) is 9.84 Å². The molecule has 1 fully saturated rings. The summed E-state index contributed by atoms with van der Waals surface area (Å²) in [6, 6.07) is 0. The smallest absolute Gasteiger partial charge is 0.176 e. The molecular weight excluding hydrogens is 164 g/mol. The van der Waals surface area contributed by atoms with Crippen molar-refractivity contribution in [1.29, 1.82) is 0 Å². The zero-order valence-corrected chi connectivity index (χ0v) is 7.14. The highest BCUT2D eigenvalue weighted by Gasteiger charge is 2.27. The molecule has 0 aromatic carbocycles. The fraction of sp³-hybridized carbons (Fsp3) is 0.714. The van der Waals surface area contributed by atoms with Gasteiger partial charge < -0.3 is 4.74 Å². The van der Waals surface area contributed by atoms with Crippen LogP contribution in [0.15, 0.2) is 12.7 Å². The van der Waals surface area contributed by atoms with Gasteiger partial charge in [-0.2, -0.15) is 0 Å². The number of ether oxygens (including phenoxy) is 1. The summed E-state index contributed by atoms with van der Waals surface area (Å²) >= 11 is 0. The van der Waals surface area contributed by atoms with Crippen molar-refractivity contribution in [2.75, 3.05) is 11.7 Å². The topological polar surface area (TPSA) is 43.4 Å². The lowest BCUT2D eigenvalue weighted by Crippen LogP contribution is -2.10. The summed E-state index contributed by atoms with van der Waals surface area (Å²) in [4.78, 5) is 0. The molecule has 1 heterocycles. The average molecular weight is 176 g/mol. The zero-order valence-electron chi connectivity index (χ0n) is 6.32. The summed E-state index contributed by atoms with van der Waals surface area (Å²) in [5.74, 6) is 0.0790. The Kier molecular flexibility index (Phi) is 2.67. The van der Waals surface area contributed by atoms with Crippen LogP contribution in [0.3, 0.4) is 0 Å². The Hall–Kier alpha value is -0.350. The Morgan fingerprint density at radius 2 is 2.36 bits per heavy atom. The SMILES string of the molecule is C=CCCC1CS(=O)(=O)CO1. The third-order valence-electron chi connectivity index (χ3n) is 1.62. The van der Waals surface area contributed by atoms with Crippen LogP contribution in [0.4, 0.5) is 0 Å². The van der Waals surface area contributed by atoms with Crippen molar-refractivity contribution in [3.8, 4) is 0 Å². The van der Waals surface area contributed by atoms with Gasteiger partial charge in [-0.05, 0) is 12.8 Å². The Morgan fingerprint density at radius 3 is 2.82 bits per heavy atom. The maximum Gasteiger partial charge on any atom is 0.176 e. The molecule has 0 amide bonds. The van der Waals surface area contributed by atoms with Gasteiger partial charge in [-0.3, -0.25) is 0 Å². The molecule has 1 aliphatic heterocycles. The first kappa shape index (κ1) is 8.74. The molecule has 1 atom stereocenters. The molecule has 64 valence electrons. The first-order valence-corrected chi connectivity index (χ1v) is 5.39. The van der Waals surface area contributed by atoms with Crippen molar-refractivity contribution in [2.45, 2.75) is 18.9 Å². The van der Waals surface area contributed by atoms with Gasteiger partial charge in [-0.1, -0.05) is 6.08 Å². The summed E-state index contributed by atoms with van der Waals surface area (Å²) in [6.45, 7) is 3.55. The van der Waals surface area contributed by atoms with Crippen LogP contribution in [-0.2, 0) is 14.6 Å². The van der Waals surface area contributed by atoms with E-state index in [1.54, 1.807) is 6.08 Å². The second-order valence-corrected chi connectivity index (χ2v) is 4.74. The average Bonchev–Trinajstić information content (AvgIpc) is 2.26. The predicted molar refractivity (Wildman–Crippen MR) is 43.0 cm³/mol. The molecule has 0 aromatic rings. The quantitative estimate of drug-likeness (QED) is 0.595. The molecule has 0 saturated carbocycles. The van der Waals surface area contributed by atoms with E-state index in [-0.39, 0.29) is 17.8 Å². The molecule has 0 aliphatic carbocycles. The highest BCUT2D eigenvalue weighted by Crippen LogP contribution is 2.14. The van der Waals surface area contributed by atoms with E-state index in [1.165, 1.54) is 0 Å². The van der Waals surface area contributed by atoms with Gasteiger partial charge in [-0.25, -0.2) is 8.42 Å². The molecule has 4 heteroatoms. The van der Waals surface area contributed by atoms with Crippen LogP contribution in [0.1, 0.15) is 12.8 Å². The van der Waals surface area contributed by atoms with Crippen LogP contribution < -0.4 is 0 Å².